The minimum absolute atomic E-state index is 0.0849. The molecule has 0 heterocycles. The average Bonchev–Trinajstić information content (AvgIpc) is 3.08. The molecule has 0 unspecified atom stereocenters. The third kappa shape index (κ3) is 8.58. The van der Waals surface area contributed by atoms with Crippen LogP contribution in [0.2, 0.25) is 5.02 Å². The fraction of sp³-hybridized carbons (Fsp3) is 0.257. The van der Waals surface area contributed by atoms with Crippen molar-refractivity contribution in [1.82, 2.24) is 10.2 Å². The Balaban J connectivity index is 1.80. The van der Waals surface area contributed by atoms with E-state index >= 15 is 0 Å². The maximum absolute atomic E-state index is 14.5. The van der Waals surface area contributed by atoms with E-state index < -0.39 is 28.5 Å². The monoisotopic (exact) mass is 663 g/mol. The standard InChI is InChI=1S/C35H38ClN3O6S/c1-4-21-37-35(41)31(22-26-11-7-5-8-12-26)38(24-27-13-9-6-10-14-27)34(40)25-39(29-17-15-28(36)16-18-29)46(42,43)30-19-20-32(44-2)33(23-30)45-3/h5-20,23,31H,4,21-22,24-25H2,1-3H3,(H,37,41)/t31-/m0/s1. The van der Waals surface area contributed by atoms with Gasteiger partial charge in [0.1, 0.15) is 12.6 Å². The number of halogens is 1. The van der Waals surface area contributed by atoms with Gasteiger partial charge in [-0.3, -0.25) is 13.9 Å². The van der Waals surface area contributed by atoms with E-state index in [1.54, 1.807) is 12.1 Å². The molecule has 11 heteroatoms. The summed E-state index contributed by atoms with van der Waals surface area (Å²) in [7, 11) is -1.48. The molecule has 0 aromatic heterocycles. The number of ether oxygens (including phenoxy) is 2. The summed E-state index contributed by atoms with van der Waals surface area (Å²) < 4.78 is 40.2. The molecule has 0 aliphatic rings. The fourth-order valence-electron chi connectivity index (χ4n) is 4.94. The lowest BCUT2D eigenvalue weighted by atomic mass is 10.0. The van der Waals surface area contributed by atoms with Crippen molar-refractivity contribution in [3.63, 3.8) is 0 Å². The Morgan fingerprint density at radius 3 is 2.02 bits per heavy atom. The van der Waals surface area contributed by atoms with E-state index in [0.717, 1.165) is 15.4 Å². The summed E-state index contributed by atoms with van der Waals surface area (Å²) in [6.07, 6.45) is 0.947. The van der Waals surface area contributed by atoms with Crippen LogP contribution in [0.15, 0.2) is 108 Å². The van der Waals surface area contributed by atoms with Crippen LogP contribution in [-0.4, -0.2) is 58.5 Å². The molecule has 0 aliphatic carbocycles. The Kier molecular flexibility index (Phi) is 12.1. The molecule has 46 heavy (non-hydrogen) atoms. The second-order valence-corrected chi connectivity index (χ2v) is 12.8. The van der Waals surface area contributed by atoms with Gasteiger partial charge in [0.25, 0.3) is 10.0 Å². The second-order valence-electron chi connectivity index (χ2n) is 10.5. The van der Waals surface area contributed by atoms with Gasteiger partial charge in [0.2, 0.25) is 11.8 Å². The van der Waals surface area contributed by atoms with Gasteiger partial charge in [-0.05, 0) is 53.9 Å². The SMILES string of the molecule is CCCNC(=O)[C@H](Cc1ccccc1)N(Cc1ccccc1)C(=O)CN(c1ccc(Cl)cc1)S(=O)(=O)c1ccc(OC)c(OC)c1. The zero-order valence-corrected chi connectivity index (χ0v) is 27.6. The molecule has 2 amide bonds. The molecule has 4 rings (SSSR count). The van der Waals surface area contributed by atoms with Crippen molar-refractivity contribution < 1.29 is 27.5 Å². The van der Waals surface area contributed by atoms with Crippen LogP contribution in [0.4, 0.5) is 5.69 Å². The highest BCUT2D eigenvalue weighted by Crippen LogP contribution is 2.33. The number of hydrogen-bond donors (Lipinski definition) is 1. The molecule has 0 fully saturated rings. The minimum Gasteiger partial charge on any atom is -0.493 e. The number of nitrogens with one attached hydrogen (secondary N) is 1. The van der Waals surface area contributed by atoms with Gasteiger partial charge in [-0.15, -0.1) is 0 Å². The van der Waals surface area contributed by atoms with Crippen molar-refractivity contribution in [2.45, 2.75) is 37.2 Å². The molecule has 0 radical (unpaired) electrons. The minimum atomic E-state index is -4.34. The third-order valence-electron chi connectivity index (χ3n) is 7.35. The van der Waals surface area contributed by atoms with E-state index in [1.807, 2.05) is 67.6 Å². The van der Waals surface area contributed by atoms with Crippen LogP contribution in [0.3, 0.4) is 0 Å². The highest BCUT2D eigenvalue weighted by molar-refractivity contribution is 7.92. The number of hydrogen-bond acceptors (Lipinski definition) is 6. The summed E-state index contributed by atoms with van der Waals surface area (Å²) in [5.74, 6) is -0.315. The molecule has 9 nitrogen and oxygen atoms in total. The zero-order valence-electron chi connectivity index (χ0n) is 26.1. The predicted octanol–water partition coefficient (Wildman–Crippen LogP) is 5.72. The van der Waals surface area contributed by atoms with Crippen molar-refractivity contribution >= 4 is 39.1 Å². The number of amides is 2. The van der Waals surface area contributed by atoms with E-state index in [9.17, 15) is 18.0 Å². The number of methoxy groups -OCH3 is 2. The number of nitrogens with zero attached hydrogens (tertiary/aromatic N) is 2. The molecule has 4 aromatic carbocycles. The normalized spacial score (nSPS) is 11.7. The van der Waals surface area contributed by atoms with Crippen LogP contribution >= 0.6 is 11.6 Å². The Hall–Kier alpha value is -4.54. The molecular weight excluding hydrogens is 626 g/mol. The zero-order chi connectivity index (χ0) is 33.1. The number of benzene rings is 4. The van der Waals surface area contributed by atoms with Crippen LogP contribution in [0.25, 0.3) is 0 Å². The van der Waals surface area contributed by atoms with Gasteiger partial charge in [-0.2, -0.15) is 0 Å². The number of carbonyl (C=O) groups is 2. The van der Waals surface area contributed by atoms with Gasteiger partial charge < -0.3 is 19.7 Å². The number of sulfonamides is 1. The lowest BCUT2D eigenvalue weighted by molar-refractivity contribution is -0.140. The van der Waals surface area contributed by atoms with E-state index in [0.29, 0.717) is 23.7 Å². The van der Waals surface area contributed by atoms with Crippen molar-refractivity contribution in [2.24, 2.45) is 0 Å². The van der Waals surface area contributed by atoms with Gasteiger partial charge >= 0.3 is 0 Å². The first kappa shape index (κ1) is 34.3. The maximum Gasteiger partial charge on any atom is 0.264 e. The molecule has 0 saturated heterocycles. The summed E-state index contributed by atoms with van der Waals surface area (Å²) in [4.78, 5) is 29.5. The highest BCUT2D eigenvalue weighted by Gasteiger charge is 2.35. The summed E-state index contributed by atoms with van der Waals surface area (Å²) in [6, 6.07) is 28.2. The van der Waals surface area contributed by atoms with Crippen molar-refractivity contribution in [1.29, 1.82) is 0 Å². The second kappa shape index (κ2) is 16.1. The van der Waals surface area contributed by atoms with Crippen LogP contribution < -0.4 is 19.1 Å². The largest absolute Gasteiger partial charge is 0.493 e. The number of anilines is 1. The quantitative estimate of drug-likeness (QED) is 0.175. The summed E-state index contributed by atoms with van der Waals surface area (Å²) >= 11 is 6.14. The number of carbonyl (C=O) groups excluding carboxylic acids is 2. The van der Waals surface area contributed by atoms with Crippen LogP contribution in [0.5, 0.6) is 11.5 Å². The summed E-state index contributed by atoms with van der Waals surface area (Å²) in [5, 5.41) is 3.34. The first-order valence-corrected chi connectivity index (χ1v) is 16.6. The van der Waals surface area contributed by atoms with Crippen molar-refractivity contribution in [2.75, 3.05) is 31.6 Å². The average molecular weight is 664 g/mol. The van der Waals surface area contributed by atoms with Crippen molar-refractivity contribution in [3.8, 4) is 11.5 Å². The topological polar surface area (TPSA) is 105 Å². The third-order valence-corrected chi connectivity index (χ3v) is 9.37. The maximum atomic E-state index is 14.5. The van der Waals surface area contributed by atoms with E-state index in [1.165, 1.54) is 49.5 Å². The van der Waals surface area contributed by atoms with Gasteiger partial charge in [0.15, 0.2) is 11.5 Å². The van der Waals surface area contributed by atoms with Crippen LogP contribution in [0, 0.1) is 0 Å². The van der Waals surface area contributed by atoms with E-state index in [2.05, 4.69) is 5.32 Å². The molecule has 0 aliphatic heterocycles. The predicted molar refractivity (Wildman–Crippen MR) is 180 cm³/mol. The lowest BCUT2D eigenvalue weighted by Gasteiger charge is -2.34. The molecule has 0 spiro atoms. The lowest BCUT2D eigenvalue weighted by Crippen LogP contribution is -2.53. The molecular formula is C35H38ClN3O6S. The number of rotatable bonds is 15. The molecule has 1 atom stereocenters. The Morgan fingerprint density at radius 2 is 1.43 bits per heavy atom. The van der Waals surface area contributed by atoms with E-state index in [-0.39, 0.29) is 35.2 Å². The smallest absolute Gasteiger partial charge is 0.264 e. The van der Waals surface area contributed by atoms with E-state index in [4.69, 9.17) is 21.1 Å². The van der Waals surface area contributed by atoms with Gasteiger partial charge in [-0.25, -0.2) is 8.42 Å². The molecule has 0 bridgehead atoms. The Labute approximate surface area is 275 Å². The fourth-order valence-corrected chi connectivity index (χ4v) is 6.50. The van der Waals surface area contributed by atoms with Crippen molar-refractivity contribution in [3.05, 3.63) is 119 Å². The Morgan fingerprint density at radius 1 is 0.826 bits per heavy atom. The molecule has 0 saturated carbocycles. The molecule has 1 N–H and O–H groups in total. The first-order chi connectivity index (χ1) is 22.2. The Bertz CT molecular complexity index is 1700. The van der Waals surface area contributed by atoms with Gasteiger partial charge in [-0.1, -0.05) is 79.2 Å². The van der Waals surface area contributed by atoms with Crippen LogP contribution in [-0.2, 0) is 32.6 Å². The summed E-state index contributed by atoms with van der Waals surface area (Å²) in [6.45, 7) is 1.88. The molecule has 242 valence electrons. The summed E-state index contributed by atoms with van der Waals surface area (Å²) in [5.41, 5.74) is 1.87. The first-order valence-electron chi connectivity index (χ1n) is 14.8. The van der Waals surface area contributed by atoms with Gasteiger partial charge in [0.05, 0.1) is 24.8 Å². The highest BCUT2D eigenvalue weighted by atomic mass is 35.5. The van der Waals surface area contributed by atoms with Crippen LogP contribution in [0.1, 0.15) is 24.5 Å². The molecule has 4 aromatic rings. The van der Waals surface area contributed by atoms with Gasteiger partial charge in [0, 0.05) is 30.6 Å².